The lowest BCUT2D eigenvalue weighted by atomic mass is 10.2. The molecular weight excluding hydrogens is 242 g/mol. The van der Waals surface area contributed by atoms with E-state index in [1.165, 1.54) is 6.20 Å². The van der Waals surface area contributed by atoms with Gasteiger partial charge in [0.2, 0.25) is 0 Å². The van der Waals surface area contributed by atoms with E-state index in [1.54, 1.807) is 0 Å². The van der Waals surface area contributed by atoms with E-state index in [9.17, 15) is 8.78 Å². The van der Waals surface area contributed by atoms with E-state index in [0.717, 1.165) is 0 Å². The summed E-state index contributed by atoms with van der Waals surface area (Å²) in [6.45, 7) is 0. The first-order valence-electron chi connectivity index (χ1n) is 3.24. The molecule has 0 aliphatic carbocycles. The van der Waals surface area contributed by atoms with Crippen molar-refractivity contribution in [3.63, 3.8) is 0 Å². The third-order valence-corrected chi connectivity index (χ3v) is 2.37. The first-order valence-corrected chi connectivity index (χ1v) is 4.53. The zero-order valence-electron chi connectivity index (χ0n) is 6.20. The minimum absolute atomic E-state index is 0.106. The van der Waals surface area contributed by atoms with Gasteiger partial charge < -0.3 is 0 Å². The monoisotopic (exact) mass is 245 g/mol. The van der Waals surface area contributed by atoms with Crippen LogP contribution >= 0.6 is 34.8 Å². The van der Waals surface area contributed by atoms with Crippen molar-refractivity contribution in [3.8, 4) is 0 Å². The van der Waals surface area contributed by atoms with Gasteiger partial charge in [0.1, 0.15) is 5.15 Å². The summed E-state index contributed by atoms with van der Waals surface area (Å²) in [7, 11) is 0. The number of hydrogen-bond donors (Lipinski definition) is 0. The molecule has 0 amide bonds. The van der Waals surface area contributed by atoms with Crippen LogP contribution in [0.4, 0.5) is 8.78 Å². The van der Waals surface area contributed by atoms with Crippen LogP contribution in [0.1, 0.15) is 17.6 Å². The summed E-state index contributed by atoms with van der Waals surface area (Å²) in [5, 5.41) is -0.148. The van der Waals surface area contributed by atoms with Gasteiger partial charge in [0.15, 0.2) is 0 Å². The minimum atomic E-state index is -2.72. The van der Waals surface area contributed by atoms with Gasteiger partial charge in [-0.1, -0.05) is 23.2 Å². The lowest BCUT2D eigenvalue weighted by molar-refractivity contribution is 0.150. The maximum atomic E-state index is 12.4. The number of halogens is 5. The predicted octanol–water partition coefficient (Wildman–Crippen LogP) is 4.06. The fourth-order valence-corrected chi connectivity index (χ4v) is 1.69. The molecule has 0 aliphatic heterocycles. The molecule has 13 heavy (non-hydrogen) atoms. The Bertz CT molecular complexity index is 317. The second kappa shape index (κ2) is 4.40. The Morgan fingerprint density at radius 1 is 1.38 bits per heavy atom. The van der Waals surface area contributed by atoms with Gasteiger partial charge in [0, 0.05) is 12.1 Å². The Morgan fingerprint density at radius 2 is 2.00 bits per heavy atom. The highest BCUT2D eigenvalue weighted by Gasteiger charge is 2.19. The van der Waals surface area contributed by atoms with E-state index in [2.05, 4.69) is 4.98 Å². The maximum absolute atomic E-state index is 12.4. The summed E-state index contributed by atoms with van der Waals surface area (Å²) in [5.41, 5.74) is -0.248. The van der Waals surface area contributed by atoms with Gasteiger partial charge in [-0.05, 0) is 5.56 Å². The van der Waals surface area contributed by atoms with Crippen LogP contribution in [0.15, 0.2) is 6.20 Å². The van der Waals surface area contributed by atoms with E-state index in [0.29, 0.717) is 0 Å². The summed E-state index contributed by atoms with van der Waals surface area (Å²) in [5.74, 6) is -0.110. The van der Waals surface area contributed by atoms with Crippen molar-refractivity contribution in [2.75, 3.05) is 0 Å². The topological polar surface area (TPSA) is 12.9 Å². The number of pyridine rings is 1. The van der Waals surface area contributed by atoms with Crippen molar-refractivity contribution in [2.45, 2.75) is 12.3 Å². The van der Waals surface area contributed by atoms with Crippen molar-refractivity contribution in [1.29, 1.82) is 0 Å². The molecule has 1 aromatic heterocycles. The second-order valence-electron chi connectivity index (χ2n) is 2.22. The van der Waals surface area contributed by atoms with Crippen LogP contribution in [0.3, 0.4) is 0 Å². The number of alkyl halides is 3. The molecule has 0 atom stereocenters. The molecule has 0 aliphatic rings. The van der Waals surface area contributed by atoms with Gasteiger partial charge in [-0.15, -0.1) is 11.6 Å². The zero-order valence-corrected chi connectivity index (χ0v) is 8.47. The SMILES string of the molecule is FC(F)c1c(Cl)ncc(Cl)c1CCl. The molecule has 0 N–H and O–H groups in total. The average Bonchev–Trinajstić information content (AvgIpc) is 2.07. The van der Waals surface area contributed by atoms with Crippen molar-refractivity contribution in [1.82, 2.24) is 4.98 Å². The smallest absolute Gasteiger partial charge is 0.242 e. The molecule has 72 valence electrons. The van der Waals surface area contributed by atoms with Gasteiger partial charge in [-0.3, -0.25) is 0 Å². The maximum Gasteiger partial charge on any atom is 0.267 e. The molecule has 1 aromatic rings. The molecule has 0 spiro atoms. The summed E-state index contributed by atoms with van der Waals surface area (Å²) in [6, 6.07) is 0. The standard InChI is InChI=1S/C7H4Cl3F2N/c8-1-3-4(9)2-13-6(10)5(3)7(11)12/h2,7H,1H2. The largest absolute Gasteiger partial charge is 0.267 e. The first kappa shape index (κ1) is 11.0. The third-order valence-electron chi connectivity index (χ3n) is 1.48. The molecule has 0 saturated heterocycles. The van der Waals surface area contributed by atoms with Crippen molar-refractivity contribution >= 4 is 34.8 Å². The van der Waals surface area contributed by atoms with Crippen LogP contribution in [0.2, 0.25) is 10.2 Å². The molecule has 1 rings (SSSR count). The Balaban J connectivity index is 3.35. The number of hydrogen-bond acceptors (Lipinski definition) is 1. The molecular formula is C7H4Cl3F2N. The van der Waals surface area contributed by atoms with Gasteiger partial charge >= 0.3 is 0 Å². The first-order chi connectivity index (χ1) is 6.07. The fourth-order valence-electron chi connectivity index (χ4n) is 0.872. The number of nitrogens with zero attached hydrogens (tertiary/aromatic N) is 1. The zero-order chi connectivity index (χ0) is 10.0. The van der Waals surface area contributed by atoms with Gasteiger partial charge in [0.25, 0.3) is 6.43 Å². The average molecular weight is 246 g/mol. The lowest BCUT2D eigenvalue weighted by Gasteiger charge is -2.08. The summed E-state index contributed by atoms with van der Waals surface area (Å²) >= 11 is 16.5. The van der Waals surface area contributed by atoms with E-state index >= 15 is 0 Å². The van der Waals surface area contributed by atoms with E-state index < -0.39 is 6.43 Å². The number of rotatable bonds is 2. The van der Waals surface area contributed by atoms with Crippen LogP contribution in [-0.4, -0.2) is 4.98 Å². The molecule has 0 radical (unpaired) electrons. The molecule has 1 nitrogen and oxygen atoms in total. The minimum Gasteiger partial charge on any atom is -0.242 e. The van der Waals surface area contributed by atoms with Crippen molar-refractivity contribution in [2.24, 2.45) is 0 Å². The van der Waals surface area contributed by atoms with Crippen LogP contribution < -0.4 is 0 Å². The highest BCUT2D eigenvalue weighted by molar-refractivity contribution is 6.34. The highest BCUT2D eigenvalue weighted by Crippen LogP contribution is 2.33. The number of aromatic nitrogens is 1. The molecule has 0 fully saturated rings. The molecule has 0 aromatic carbocycles. The van der Waals surface area contributed by atoms with Gasteiger partial charge in [-0.25, -0.2) is 13.8 Å². The Hall–Kier alpha value is -0.120. The Kier molecular flexibility index (Phi) is 3.71. The molecule has 1 heterocycles. The van der Waals surface area contributed by atoms with E-state index in [-0.39, 0.29) is 27.2 Å². The highest BCUT2D eigenvalue weighted by atomic mass is 35.5. The Morgan fingerprint density at radius 3 is 2.38 bits per heavy atom. The summed E-state index contributed by atoms with van der Waals surface area (Å²) in [4.78, 5) is 3.50. The summed E-state index contributed by atoms with van der Waals surface area (Å²) < 4.78 is 24.8. The molecule has 0 saturated carbocycles. The lowest BCUT2D eigenvalue weighted by Crippen LogP contribution is -1.97. The van der Waals surface area contributed by atoms with Crippen LogP contribution in [0, 0.1) is 0 Å². The van der Waals surface area contributed by atoms with E-state index in [4.69, 9.17) is 34.8 Å². The van der Waals surface area contributed by atoms with Gasteiger partial charge in [0.05, 0.1) is 10.6 Å². The normalized spacial score (nSPS) is 10.9. The Labute approximate surface area is 88.6 Å². The summed E-state index contributed by atoms with van der Waals surface area (Å²) in [6.07, 6.45) is -1.51. The van der Waals surface area contributed by atoms with Crippen LogP contribution in [0.25, 0.3) is 0 Å². The molecule has 0 bridgehead atoms. The van der Waals surface area contributed by atoms with Crippen LogP contribution in [-0.2, 0) is 5.88 Å². The predicted molar refractivity (Wildman–Crippen MR) is 48.8 cm³/mol. The molecule has 0 unspecified atom stereocenters. The second-order valence-corrected chi connectivity index (χ2v) is 3.26. The quantitative estimate of drug-likeness (QED) is 0.566. The van der Waals surface area contributed by atoms with Crippen molar-refractivity contribution in [3.05, 3.63) is 27.5 Å². The van der Waals surface area contributed by atoms with Gasteiger partial charge in [-0.2, -0.15) is 0 Å². The third kappa shape index (κ3) is 2.22. The van der Waals surface area contributed by atoms with E-state index in [1.807, 2.05) is 0 Å². The molecule has 6 heteroatoms. The van der Waals surface area contributed by atoms with Crippen molar-refractivity contribution < 1.29 is 8.78 Å². The fraction of sp³-hybridized carbons (Fsp3) is 0.286. The van der Waals surface area contributed by atoms with Crippen LogP contribution in [0.5, 0.6) is 0 Å².